The van der Waals surface area contributed by atoms with Crippen molar-refractivity contribution >= 4 is 45.9 Å². The topological polar surface area (TPSA) is 27.8 Å². The highest BCUT2D eigenvalue weighted by atomic mass is 35.5. The zero-order valence-electron chi connectivity index (χ0n) is 10.7. The summed E-state index contributed by atoms with van der Waals surface area (Å²) < 4.78 is 0. The fourth-order valence-corrected chi connectivity index (χ4v) is 4.42. The number of benzene rings is 1. The fourth-order valence-electron chi connectivity index (χ4n) is 2.56. The molecular formula is C14H16Cl2N2S. The quantitative estimate of drug-likeness (QED) is 0.846. The van der Waals surface area contributed by atoms with Crippen LogP contribution in [-0.4, -0.2) is 23.3 Å². The normalized spacial score (nSPS) is 17.2. The third-order valence-electron chi connectivity index (χ3n) is 3.52. The average molecular weight is 315 g/mol. The van der Waals surface area contributed by atoms with Gasteiger partial charge in [0.15, 0.2) is 0 Å². The second-order valence-corrected chi connectivity index (χ2v) is 7.11. The lowest BCUT2D eigenvalue weighted by atomic mass is 10.2. The number of aromatic nitrogens is 1. The van der Waals surface area contributed by atoms with Gasteiger partial charge in [0.1, 0.15) is 0 Å². The maximum Gasteiger partial charge on any atom is 0.0662 e. The number of thioether (sulfide) groups is 1. The van der Waals surface area contributed by atoms with Crippen LogP contribution in [0.15, 0.2) is 17.0 Å². The summed E-state index contributed by atoms with van der Waals surface area (Å²) in [5.41, 5.74) is 2.18. The molecule has 2 aromatic rings. The van der Waals surface area contributed by atoms with Gasteiger partial charge in [-0.1, -0.05) is 23.2 Å². The van der Waals surface area contributed by atoms with Crippen molar-refractivity contribution in [1.29, 1.82) is 0 Å². The lowest BCUT2D eigenvalue weighted by molar-refractivity contribution is 0.531. The molecule has 1 aliphatic rings. The molecule has 19 heavy (non-hydrogen) atoms. The molecule has 1 aliphatic heterocycles. The number of aryl methyl sites for hydroxylation is 1. The van der Waals surface area contributed by atoms with Crippen LogP contribution >= 0.6 is 35.0 Å². The Morgan fingerprint density at radius 2 is 1.95 bits per heavy atom. The lowest BCUT2D eigenvalue weighted by Gasteiger charge is -2.22. The Morgan fingerprint density at radius 1 is 1.21 bits per heavy atom. The van der Waals surface area contributed by atoms with Gasteiger partial charge in [-0.25, -0.2) is 0 Å². The van der Waals surface area contributed by atoms with Gasteiger partial charge in [0.05, 0.1) is 10.5 Å². The maximum atomic E-state index is 6.26. The molecule has 1 aromatic carbocycles. The highest BCUT2D eigenvalue weighted by Crippen LogP contribution is 2.40. The number of hydrogen-bond acceptors (Lipinski definition) is 2. The van der Waals surface area contributed by atoms with Crippen molar-refractivity contribution in [2.24, 2.45) is 0 Å². The van der Waals surface area contributed by atoms with Gasteiger partial charge in [0, 0.05) is 26.2 Å². The van der Waals surface area contributed by atoms with Crippen LogP contribution in [0.1, 0.15) is 18.5 Å². The summed E-state index contributed by atoms with van der Waals surface area (Å²) >= 11 is 14.3. The molecule has 0 aliphatic carbocycles. The minimum absolute atomic E-state index is 0.678. The number of aromatic amines is 1. The zero-order chi connectivity index (χ0) is 13.4. The van der Waals surface area contributed by atoms with Crippen molar-refractivity contribution in [3.63, 3.8) is 0 Å². The Bertz CT molecular complexity index is 603. The molecule has 0 unspecified atom stereocenters. The number of halogens is 2. The summed E-state index contributed by atoms with van der Waals surface area (Å²) in [6, 6.07) is 3.80. The zero-order valence-corrected chi connectivity index (χ0v) is 13.1. The van der Waals surface area contributed by atoms with Crippen LogP contribution in [-0.2, 0) is 0 Å². The molecule has 0 saturated carbocycles. The Labute approximate surface area is 127 Å². The molecule has 5 heteroatoms. The van der Waals surface area contributed by atoms with Crippen molar-refractivity contribution in [3.05, 3.63) is 27.9 Å². The van der Waals surface area contributed by atoms with E-state index < -0.39 is 0 Å². The van der Waals surface area contributed by atoms with Gasteiger partial charge in [0.25, 0.3) is 0 Å². The first kappa shape index (κ1) is 13.6. The van der Waals surface area contributed by atoms with Crippen molar-refractivity contribution in [2.45, 2.75) is 29.9 Å². The molecule has 1 saturated heterocycles. The predicted molar refractivity (Wildman–Crippen MR) is 84.8 cm³/mol. The summed E-state index contributed by atoms with van der Waals surface area (Å²) in [6.45, 7) is 4.33. The van der Waals surface area contributed by atoms with Gasteiger partial charge in [-0.15, -0.1) is 11.8 Å². The monoisotopic (exact) mass is 314 g/mol. The molecule has 3 rings (SSSR count). The van der Waals surface area contributed by atoms with Crippen LogP contribution in [0.25, 0.3) is 10.9 Å². The third-order valence-corrected chi connectivity index (χ3v) is 5.61. The van der Waals surface area contributed by atoms with Crippen LogP contribution in [0, 0.1) is 6.92 Å². The van der Waals surface area contributed by atoms with E-state index in [9.17, 15) is 0 Å². The third kappa shape index (κ3) is 2.75. The summed E-state index contributed by atoms with van der Waals surface area (Å²) in [6.07, 6.45) is 2.43. The lowest BCUT2D eigenvalue weighted by Crippen LogP contribution is -2.29. The number of piperidine rings is 1. The van der Waals surface area contributed by atoms with E-state index in [4.69, 9.17) is 23.2 Å². The standard InChI is InChI=1S/C14H16Cl2N2S/c1-8-14(19-10-2-4-17-5-3-10)11-6-9(15)7-12(16)13(11)18-8/h6-7,10,17-18H,2-5H2,1H3. The molecule has 2 N–H and O–H groups in total. The number of hydrogen-bond donors (Lipinski definition) is 2. The van der Waals surface area contributed by atoms with E-state index in [2.05, 4.69) is 17.2 Å². The molecular weight excluding hydrogens is 299 g/mol. The molecule has 2 nitrogen and oxygen atoms in total. The van der Waals surface area contributed by atoms with Gasteiger partial charge in [0.2, 0.25) is 0 Å². The molecule has 0 atom stereocenters. The Hall–Kier alpha value is -0.350. The highest BCUT2D eigenvalue weighted by molar-refractivity contribution is 8.00. The Kier molecular flexibility index (Phi) is 3.99. The van der Waals surface area contributed by atoms with Crippen molar-refractivity contribution < 1.29 is 0 Å². The first-order chi connectivity index (χ1) is 9.15. The first-order valence-corrected chi connectivity index (χ1v) is 8.13. The number of nitrogens with one attached hydrogen (secondary N) is 2. The van der Waals surface area contributed by atoms with Crippen LogP contribution in [0.5, 0.6) is 0 Å². The van der Waals surface area contributed by atoms with Crippen LogP contribution in [0.3, 0.4) is 0 Å². The van der Waals surface area contributed by atoms with E-state index in [1.165, 1.54) is 23.4 Å². The fraction of sp³-hybridized carbons (Fsp3) is 0.429. The summed E-state index contributed by atoms with van der Waals surface area (Å²) in [5, 5.41) is 6.62. The van der Waals surface area contributed by atoms with Crippen LogP contribution in [0.4, 0.5) is 0 Å². The molecule has 0 bridgehead atoms. The second kappa shape index (κ2) is 5.57. The second-order valence-electron chi connectivity index (χ2n) is 4.96. The van der Waals surface area contributed by atoms with Gasteiger partial charge in [-0.3, -0.25) is 0 Å². The van der Waals surface area contributed by atoms with Gasteiger partial charge < -0.3 is 10.3 Å². The van der Waals surface area contributed by atoms with Gasteiger partial charge in [-0.2, -0.15) is 0 Å². The molecule has 2 heterocycles. The summed E-state index contributed by atoms with van der Waals surface area (Å²) in [7, 11) is 0. The minimum atomic E-state index is 0.678. The van der Waals surface area contributed by atoms with Gasteiger partial charge >= 0.3 is 0 Å². The average Bonchev–Trinajstić information content (AvgIpc) is 2.69. The Morgan fingerprint density at radius 3 is 2.68 bits per heavy atom. The van der Waals surface area contributed by atoms with E-state index in [-0.39, 0.29) is 0 Å². The molecule has 1 aromatic heterocycles. The largest absolute Gasteiger partial charge is 0.356 e. The van der Waals surface area contributed by atoms with Crippen LogP contribution in [0.2, 0.25) is 10.0 Å². The highest BCUT2D eigenvalue weighted by Gasteiger charge is 2.19. The molecule has 0 amide bonds. The van der Waals surface area contributed by atoms with Crippen molar-refractivity contribution in [1.82, 2.24) is 10.3 Å². The summed E-state index contributed by atoms with van der Waals surface area (Å²) in [4.78, 5) is 4.68. The molecule has 102 valence electrons. The Balaban J connectivity index is 1.99. The van der Waals surface area contributed by atoms with E-state index >= 15 is 0 Å². The van der Waals surface area contributed by atoms with E-state index in [1.807, 2.05) is 17.8 Å². The van der Waals surface area contributed by atoms with E-state index in [0.29, 0.717) is 15.3 Å². The first-order valence-electron chi connectivity index (χ1n) is 6.50. The SMILES string of the molecule is Cc1[nH]c2c(Cl)cc(Cl)cc2c1SC1CCNCC1. The summed E-state index contributed by atoms with van der Waals surface area (Å²) in [5.74, 6) is 0. The predicted octanol–water partition coefficient (Wildman–Crippen LogP) is 4.63. The minimum Gasteiger partial charge on any atom is -0.356 e. The maximum absolute atomic E-state index is 6.26. The van der Waals surface area contributed by atoms with Crippen LogP contribution < -0.4 is 5.32 Å². The number of H-pyrrole nitrogens is 1. The smallest absolute Gasteiger partial charge is 0.0662 e. The van der Waals surface area contributed by atoms with E-state index in [1.54, 1.807) is 6.07 Å². The van der Waals surface area contributed by atoms with Gasteiger partial charge in [-0.05, 0) is 45.0 Å². The van der Waals surface area contributed by atoms with Crippen molar-refractivity contribution in [2.75, 3.05) is 13.1 Å². The van der Waals surface area contributed by atoms with Crippen molar-refractivity contribution in [3.8, 4) is 0 Å². The number of fused-ring (bicyclic) bond motifs is 1. The molecule has 0 radical (unpaired) electrons. The number of rotatable bonds is 2. The van der Waals surface area contributed by atoms with E-state index in [0.717, 1.165) is 24.0 Å². The molecule has 0 spiro atoms. The molecule has 1 fully saturated rings.